The molecule has 0 amide bonds. The van der Waals surface area contributed by atoms with Gasteiger partial charge in [-0.1, -0.05) is 12.1 Å². The van der Waals surface area contributed by atoms with Crippen LogP contribution >= 0.6 is 11.3 Å². The smallest absolute Gasteiger partial charge is 0.416 e. The number of halogens is 3. The first kappa shape index (κ1) is 18.0. The van der Waals surface area contributed by atoms with Crippen molar-refractivity contribution in [2.75, 3.05) is 7.11 Å². The van der Waals surface area contributed by atoms with Crippen LogP contribution in [0.15, 0.2) is 47.7 Å². The van der Waals surface area contributed by atoms with Crippen LogP contribution in [0.1, 0.15) is 11.3 Å². The monoisotopic (exact) mass is 382 g/mol. The lowest BCUT2D eigenvalue weighted by Gasteiger charge is -2.06. The summed E-state index contributed by atoms with van der Waals surface area (Å²) in [6.07, 6.45) is -1.41. The Morgan fingerprint density at radius 1 is 1.35 bits per heavy atom. The molecule has 0 unspecified atom stereocenters. The highest BCUT2D eigenvalue weighted by Gasteiger charge is 2.30. The molecule has 5 nitrogen and oxygen atoms in total. The van der Waals surface area contributed by atoms with Crippen molar-refractivity contribution >= 4 is 22.3 Å². The second-order valence-electron chi connectivity index (χ2n) is 5.44. The Morgan fingerprint density at radius 3 is 2.62 bits per heavy atom. The third-order valence-corrected chi connectivity index (χ3v) is 4.59. The number of imidazole rings is 1. The number of methoxy groups -OCH3 is 1. The molecule has 1 aromatic carbocycles. The molecular formula is C17H13F3N2O3S. The Morgan fingerprint density at radius 2 is 2.04 bits per heavy atom. The Bertz CT molecular complexity index is 971. The number of fused-ring (bicyclic) bond motifs is 1. The number of carbonyl (C=O) groups is 1. The molecule has 0 spiro atoms. The van der Waals surface area contributed by atoms with Crippen LogP contribution in [-0.4, -0.2) is 27.6 Å². The summed E-state index contributed by atoms with van der Waals surface area (Å²) in [6, 6.07) is 4.74. The van der Waals surface area contributed by atoms with Gasteiger partial charge in [-0.05, 0) is 12.1 Å². The largest absolute Gasteiger partial charge is 0.504 e. The highest BCUT2D eigenvalue weighted by atomic mass is 32.1. The highest BCUT2D eigenvalue weighted by Crippen LogP contribution is 2.31. The SMILES string of the molecule is COC=C(Cc1csc2nc(-c3ccc(C(F)(F)F)cc3)cn12)C(=O)O. The van der Waals surface area contributed by atoms with E-state index in [2.05, 4.69) is 4.98 Å². The first-order valence-electron chi connectivity index (χ1n) is 7.38. The Hall–Kier alpha value is -2.81. The van der Waals surface area contributed by atoms with Gasteiger partial charge in [-0.25, -0.2) is 9.78 Å². The van der Waals surface area contributed by atoms with Crippen LogP contribution in [0.2, 0.25) is 0 Å². The average Bonchev–Trinajstić information content (AvgIpc) is 3.15. The summed E-state index contributed by atoms with van der Waals surface area (Å²) in [5, 5.41) is 11.0. The fourth-order valence-corrected chi connectivity index (χ4v) is 3.30. The lowest BCUT2D eigenvalue weighted by atomic mass is 10.1. The summed E-state index contributed by atoms with van der Waals surface area (Å²) in [5.74, 6) is -1.09. The van der Waals surface area contributed by atoms with Crippen LogP contribution in [-0.2, 0) is 22.1 Å². The van der Waals surface area contributed by atoms with Crippen molar-refractivity contribution in [2.45, 2.75) is 12.6 Å². The molecule has 26 heavy (non-hydrogen) atoms. The Labute approximate surface area is 150 Å². The van der Waals surface area contributed by atoms with Gasteiger partial charge in [-0.15, -0.1) is 11.3 Å². The number of thiazole rings is 1. The lowest BCUT2D eigenvalue weighted by Crippen LogP contribution is -2.05. The number of nitrogens with zero attached hydrogens (tertiary/aromatic N) is 2. The fourth-order valence-electron chi connectivity index (χ4n) is 2.43. The molecule has 0 atom stereocenters. The molecule has 0 saturated carbocycles. The van der Waals surface area contributed by atoms with E-state index in [4.69, 9.17) is 4.74 Å². The zero-order valence-electron chi connectivity index (χ0n) is 13.4. The number of aromatic nitrogens is 2. The number of alkyl halides is 3. The van der Waals surface area contributed by atoms with Crippen LogP contribution in [0.25, 0.3) is 16.2 Å². The molecule has 3 aromatic rings. The number of carboxylic acid groups (broad SMARTS) is 1. The lowest BCUT2D eigenvalue weighted by molar-refractivity contribution is -0.137. The molecule has 0 aliphatic heterocycles. The minimum atomic E-state index is -4.39. The first-order valence-corrected chi connectivity index (χ1v) is 8.26. The van der Waals surface area contributed by atoms with E-state index in [-0.39, 0.29) is 12.0 Å². The zero-order valence-corrected chi connectivity index (χ0v) is 14.3. The molecule has 0 aliphatic rings. The number of carboxylic acids is 1. The molecule has 0 saturated heterocycles. The van der Waals surface area contributed by atoms with Crippen molar-refractivity contribution in [3.05, 3.63) is 58.9 Å². The van der Waals surface area contributed by atoms with Crippen LogP contribution < -0.4 is 0 Å². The number of hydrogen-bond acceptors (Lipinski definition) is 4. The molecule has 0 aliphatic carbocycles. The van der Waals surface area contributed by atoms with E-state index >= 15 is 0 Å². The maximum absolute atomic E-state index is 12.7. The maximum Gasteiger partial charge on any atom is 0.416 e. The van der Waals surface area contributed by atoms with Gasteiger partial charge in [0.25, 0.3) is 0 Å². The number of aliphatic carboxylic acids is 1. The summed E-state index contributed by atoms with van der Waals surface area (Å²) in [6.45, 7) is 0. The summed E-state index contributed by atoms with van der Waals surface area (Å²) < 4.78 is 44.5. The van der Waals surface area contributed by atoms with E-state index in [0.717, 1.165) is 12.1 Å². The van der Waals surface area contributed by atoms with Gasteiger partial charge in [0.15, 0.2) is 4.96 Å². The average molecular weight is 382 g/mol. The normalized spacial score (nSPS) is 12.5. The van der Waals surface area contributed by atoms with E-state index in [9.17, 15) is 23.1 Å². The van der Waals surface area contributed by atoms with E-state index in [1.165, 1.54) is 36.8 Å². The van der Waals surface area contributed by atoms with E-state index in [0.29, 0.717) is 21.9 Å². The minimum Gasteiger partial charge on any atom is -0.504 e. The first-order chi connectivity index (χ1) is 12.3. The van der Waals surface area contributed by atoms with Gasteiger partial charge in [0.05, 0.1) is 30.2 Å². The molecule has 1 N–H and O–H groups in total. The van der Waals surface area contributed by atoms with Crippen LogP contribution in [0.4, 0.5) is 13.2 Å². The van der Waals surface area contributed by atoms with Gasteiger partial charge < -0.3 is 9.84 Å². The predicted octanol–water partition coefficient (Wildman–Crippen LogP) is 4.24. The van der Waals surface area contributed by atoms with Crippen LogP contribution in [0.3, 0.4) is 0 Å². The van der Waals surface area contributed by atoms with E-state index in [1.54, 1.807) is 16.0 Å². The van der Waals surface area contributed by atoms with Gasteiger partial charge in [-0.3, -0.25) is 4.40 Å². The molecule has 0 fully saturated rings. The van der Waals surface area contributed by atoms with Gasteiger partial charge in [0.1, 0.15) is 0 Å². The number of benzene rings is 1. The summed E-state index contributed by atoms with van der Waals surface area (Å²) in [5.41, 5.74) is 1.11. The van der Waals surface area contributed by atoms with Crippen molar-refractivity contribution in [3.8, 4) is 11.3 Å². The Kier molecular flexibility index (Phi) is 4.73. The van der Waals surface area contributed by atoms with Crippen molar-refractivity contribution in [1.29, 1.82) is 0 Å². The third kappa shape index (κ3) is 3.57. The van der Waals surface area contributed by atoms with Gasteiger partial charge in [-0.2, -0.15) is 13.2 Å². The highest BCUT2D eigenvalue weighted by molar-refractivity contribution is 7.15. The van der Waals surface area contributed by atoms with Crippen LogP contribution in [0.5, 0.6) is 0 Å². The number of ether oxygens (including phenoxy) is 1. The van der Waals surface area contributed by atoms with Crippen molar-refractivity contribution in [2.24, 2.45) is 0 Å². The van der Waals surface area contributed by atoms with Crippen molar-refractivity contribution < 1.29 is 27.8 Å². The molecular weight excluding hydrogens is 369 g/mol. The summed E-state index contributed by atoms with van der Waals surface area (Å²) >= 11 is 1.32. The van der Waals surface area contributed by atoms with Gasteiger partial charge in [0, 0.05) is 29.3 Å². The number of rotatable bonds is 5. The molecule has 0 radical (unpaired) electrons. The van der Waals surface area contributed by atoms with E-state index in [1.807, 2.05) is 0 Å². The van der Waals surface area contributed by atoms with Gasteiger partial charge >= 0.3 is 12.1 Å². The summed E-state index contributed by atoms with van der Waals surface area (Å²) in [7, 11) is 1.37. The van der Waals surface area contributed by atoms with Crippen molar-refractivity contribution in [1.82, 2.24) is 9.38 Å². The fraction of sp³-hybridized carbons (Fsp3) is 0.176. The number of hydrogen-bond donors (Lipinski definition) is 1. The second-order valence-corrected chi connectivity index (χ2v) is 6.28. The van der Waals surface area contributed by atoms with Crippen molar-refractivity contribution in [3.63, 3.8) is 0 Å². The van der Waals surface area contributed by atoms with E-state index < -0.39 is 17.7 Å². The standard InChI is InChI=1S/C17H13F3N2O3S/c1-25-8-11(15(23)24)6-13-9-26-16-21-14(7-22(13)16)10-2-4-12(5-3-10)17(18,19)20/h2-5,7-9H,6H2,1H3,(H,23,24). The molecule has 3 rings (SSSR count). The van der Waals surface area contributed by atoms with Gasteiger partial charge in [0.2, 0.25) is 0 Å². The third-order valence-electron chi connectivity index (χ3n) is 3.70. The second kappa shape index (κ2) is 6.83. The quantitative estimate of drug-likeness (QED) is 0.530. The molecule has 2 heterocycles. The zero-order chi connectivity index (χ0) is 18.9. The Balaban J connectivity index is 1.92. The molecule has 0 bridgehead atoms. The molecule has 9 heteroatoms. The topological polar surface area (TPSA) is 63.8 Å². The predicted molar refractivity (Wildman–Crippen MR) is 89.9 cm³/mol. The molecule has 2 aromatic heterocycles. The minimum absolute atomic E-state index is 0.0805. The summed E-state index contributed by atoms with van der Waals surface area (Å²) in [4.78, 5) is 16.2. The van der Waals surface area contributed by atoms with Crippen LogP contribution in [0, 0.1) is 0 Å². The molecule has 136 valence electrons. The maximum atomic E-state index is 12.7.